The van der Waals surface area contributed by atoms with Crippen LogP contribution in [-0.4, -0.2) is 35.6 Å². The molecule has 0 fully saturated rings. The second kappa shape index (κ2) is 7.41. The zero-order chi connectivity index (χ0) is 13.4. The van der Waals surface area contributed by atoms with Crippen molar-refractivity contribution in [3.05, 3.63) is 35.6 Å². The Morgan fingerprint density at radius 3 is 2.56 bits per heavy atom. The summed E-state index contributed by atoms with van der Waals surface area (Å²) < 4.78 is 12.7. The Bertz CT molecular complexity index is 426. The summed E-state index contributed by atoms with van der Waals surface area (Å²) >= 11 is 0. The van der Waals surface area contributed by atoms with Crippen LogP contribution >= 0.6 is 0 Å². The van der Waals surface area contributed by atoms with E-state index < -0.39 is 5.97 Å². The Morgan fingerprint density at radius 1 is 1.33 bits per heavy atom. The predicted molar refractivity (Wildman–Crippen MR) is 64.4 cm³/mol. The second-order valence-corrected chi connectivity index (χ2v) is 3.95. The summed E-state index contributed by atoms with van der Waals surface area (Å²) in [5.74, 6) is -1.15. The molecule has 0 heterocycles. The molecular formula is C13H15FN2O2. The molecule has 96 valence electrons. The van der Waals surface area contributed by atoms with Crippen molar-refractivity contribution in [3.8, 4) is 6.07 Å². The summed E-state index contributed by atoms with van der Waals surface area (Å²) in [6.45, 7) is 1.14. The number of nitriles is 1. The van der Waals surface area contributed by atoms with Crippen molar-refractivity contribution in [1.29, 1.82) is 5.26 Å². The summed E-state index contributed by atoms with van der Waals surface area (Å²) in [6.07, 6.45) is 0.687. The first kappa shape index (κ1) is 14.1. The monoisotopic (exact) mass is 250 g/mol. The van der Waals surface area contributed by atoms with Gasteiger partial charge in [-0.15, -0.1) is 0 Å². The molecule has 0 aliphatic rings. The van der Waals surface area contributed by atoms with Crippen LogP contribution in [-0.2, 0) is 11.2 Å². The summed E-state index contributed by atoms with van der Waals surface area (Å²) in [5.41, 5.74) is 0.967. The topological polar surface area (TPSA) is 64.3 Å². The first-order valence-corrected chi connectivity index (χ1v) is 5.67. The highest BCUT2D eigenvalue weighted by molar-refractivity contribution is 5.66. The van der Waals surface area contributed by atoms with Crippen molar-refractivity contribution in [2.24, 2.45) is 0 Å². The molecule has 0 spiro atoms. The minimum absolute atomic E-state index is 0.0189. The van der Waals surface area contributed by atoms with Gasteiger partial charge in [-0.3, -0.25) is 9.69 Å². The molecule has 0 bridgehead atoms. The summed E-state index contributed by atoms with van der Waals surface area (Å²) in [7, 11) is 0. The minimum Gasteiger partial charge on any atom is -0.481 e. The van der Waals surface area contributed by atoms with Crippen LogP contribution in [0, 0.1) is 17.1 Å². The van der Waals surface area contributed by atoms with E-state index in [1.54, 1.807) is 17.0 Å². The van der Waals surface area contributed by atoms with E-state index >= 15 is 0 Å². The molecule has 0 saturated carbocycles. The maximum absolute atomic E-state index is 12.7. The van der Waals surface area contributed by atoms with Gasteiger partial charge in [0.25, 0.3) is 0 Å². The number of carboxylic acid groups (broad SMARTS) is 1. The molecule has 1 aromatic carbocycles. The molecule has 0 saturated heterocycles. The number of aliphatic carboxylic acids is 1. The summed E-state index contributed by atoms with van der Waals surface area (Å²) in [6, 6.07) is 8.17. The fraction of sp³-hybridized carbons (Fsp3) is 0.385. The molecule has 0 aliphatic heterocycles. The molecular weight excluding hydrogens is 235 g/mol. The minimum atomic E-state index is -0.875. The predicted octanol–water partition coefficient (Wildman–Crippen LogP) is 1.67. The SMILES string of the molecule is N#CCN(CCC(=O)O)CCc1ccc(F)cc1. The maximum Gasteiger partial charge on any atom is 0.304 e. The standard InChI is InChI=1S/C13H15FN2O2/c14-12-3-1-11(2-4-12)5-8-16(10-7-15)9-6-13(17)18/h1-4H,5-6,8-10H2,(H,17,18). The van der Waals surface area contributed by atoms with E-state index in [2.05, 4.69) is 0 Å². The molecule has 1 rings (SSSR count). The van der Waals surface area contributed by atoms with Crippen LogP contribution in [0.1, 0.15) is 12.0 Å². The first-order valence-electron chi connectivity index (χ1n) is 5.67. The highest BCUT2D eigenvalue weighted by Crippen LogP contribution is 2.05. The normalized spacial score (nSPS) is 10.3. The zero-order valence-corrected chi connectivity index (χ0v) is 9.97. The summed E-state index contributed by atoms with van der Waals surface area (Å²) in [4.78, 5) is 12.2. The Morgan fingerprint density at radius 2 is 2.00 bits per heavy atom. The average Bonchev–Trinajstić information content (AvgIpc) is 2.34. The zero-order valence-electron chi connectivity index (χ0n) is 9.97. The Balaban J connectivity index is 2.43. The quantitative estimate of drug-likeness (QED) is 0.748. The van der Waals surface area contributed by atoms with Crippen LogP contribution in [0.4, 0.5) is 4.39 Å². The third-order valence-corrected chi connectivity index (χ3v) is 2.57. The molecule has 5 heteroatoms. The van der Waals surface area contributed by atoms with Gasteiger partial charge < -0.3 is 5.11 Å². The largest absolute Gasteiger partial charge is 0.481 e. The highest BCUT2D eigenvalue weighted by atomic mass is 19.1. The van der Waals surface area contributed by atoms with Gasteiger partial charge in [-0.05, 0) is 24.1 Å². The lowest BCUT2D eigenvalue weighted by Crippen LogP contribution is -2.29. The Kier molecular flexibility index (Phi) is 5.81. The second-order valence-electron chi connectivity index (χ2n) is 3.95. The molecule has 1 N–H and O–H groups in total. The molecule has 4 nitrogen and oxygen atoms in total. The number of halogens is 1. The maximum atomic E-state index is 12.7. The third-order valence-electron chi connectivity index (χ3n) is 2.57. The van der Waals surface area contributed by atoms with Gasteiger partial charge in [-0.2, -0.15) is 5.26 Å². The fourth-order valence-corrected chi connectivity index (χ4v) is 1.56. The van der Waals surface area contributed by atoms with E-state index in [9.17, 15) is 9.18 Å². The lowest BCUT2D eigenvalue weighted by molar-refractivity contribution is -0.137. The molecule has 0 atom stereocenters. The summed E-state index contributed by atoms with van der Waals surface area (Å²) in [5, 5.41) is 17.2. The van der Waals surface area contributed by atoms with E-state index in [4.69, 9.17) is 10.4 Å². The van der Waals surface area contributed by atoms with Gasteiger partial charge in [0, 0.05) is 13.1 Å². The van der Waals surface area contributed by atoms with Crippen LogP contribution in [0.5, 0.6) is 0 Å². The van der Waals surface area contributed by atoms with Gasteiger partial charge >= 0.3 is 5.97 Å². The van der Waals surface area contributed by atoms with Crippen LogP contribution in [0.25, 0.3) is 0 Å². The van der Waals surface area contributed by atoms with E-state index in [0.717, 1.165) is 5.56 Å². The number of carboxylic acids is 1. The lowest BCUT2D eigenvalue weighted by Gasteiger charge is -2.17. The van der Waals surface area contributed by atoms with E-state index in [1.807, 2.05) is 6.07 Å². The van der Waals surface area contributed by atoms with E-state index in [1.165, 1.54) is 12.1 Å². The van der Waals surface area contributed by atoms with Crippen LogP contribution in [0.3, 0.4) is 0 Å². The number of hydrogen-bond donors (Lipinski definition) is 1. The van der Waals surface area contributed by atoms with Crippen molar-refractivity contribution < 1.29 is 14.3 Å². The van der Waals surface area contributed by atoms with Gasteiger partial charge in [0.2, 0.25) is 0 Å². The Labute approximate surface area is 105 Å². The third kappa shape index (κ3) is 5.41. The fourth-order valence-electron chi connectivity index (χ4n) is 1.56. The van der Waals surface area contributed by atoms with Gasteiger partial charge in [0.15, 0.2) is 0 Å². The van der Waals surface area contributed by atoms with Crippen LogP contribution < -0.4 is 0 Å². The number of benzene rings is 1. The average molecular weight is 250 g/mol. The van der Waals surface area contributed by atoms with Gasteiger partial charge in [-0.1, -0.05) is 12.1 Å². The van der Waals surface area contributed by atoms with Crippen molar-refractivity contribution in [3.63, 3.8) is 0 Å². The van der Waals surface area contributed by atoms with Crippen molar-refractivity contribution in [2.75, 3.05) is 19.6 Å². The molecule has 0 radical (unpaired) electrons. The van der Waals surface area contributed by atoms with Crippen LogP contribution in [0.15, 0.2) is 24.3 Å². The van der Waals surface area contributed by atoms with Crippen molar-refractivity contribution >= 4 is 5.97 Å². The number of hydrogen-bond acceptors (Lipinski definition) is 3. The highest BCUT2D eigenvalue weighted by Gasteiger charge is 2.07. The lowest BCUT2D eigenvalue weighted by atomic mass is 10.1. The molecule has 0 unspecified atom stereocenters. The van der Waals surface area contributed by atoms with Crippen LogP contribution in [0.2, 0.25) is 0 Å². The number of rotatable bonds is 7. The Hall–Kier alpha value is -1.93. The van der Waals surface area contributed by atoms with Gasteiger partial charge in [0.05, 0.1) is 19.0 Å². The van der Waals surface area contributed by atoms with E-state index in [-0.39, 0.29) is 18.8 Å². The molecule has 0 aliphatic carbocycles. The van der Waals surface area contributed by atoms with Crippen molar-refractivity contribution in [1.82, 2.24) is 4.90 Å². The molecule has 1 aromatic rings. The number of nitrogens with zero attached hydrogens (tertiary/aromatic N) is 2. The molecule has 18 heavy (non-hydrogen) atoms. The molecule has 0 amide bonds. The molecule has 0 aromatic heterocycles. The van der Waals surface area contributed by atoms with Gasteiger partial charge in [-0.25, -0.2) is 4.39 Å². The first-order chi connectivity index (χ1) is 8.61. The van der Waals surface area contributed by atoms with Crippen molar-refractivity contribution in [2.45, 2.75) is 12.8 Å². The number of carbonyl (C=O) groups is 1. The smallest absolute Gasteiger partial charge is 0.304 e. The van der Waals surface area contributed by atoms with Gasteiger partial charge in [0.1, 0.15) is 5.82 Å². The van der Waals surface area contributed by atoms with E-state index in [0.29, 0.717) is 19.5 Å².